The van der Waals surface area contributed by atoms with Crippen molar-refractivity contribution in [3.05, 3.63) is 36.3 Å². The number of amides is 1. The summed E-state index contributed by atoms with van der Waals surface area (Å²) in [5.74, 6) is 0.474. The normalized spacial score (nSPS) is 10.8. The van der Waals surface area contributed by atoms with Crippen LogP contribution in [0.3, 0.4) is 0 Å². The predicted molar refractivity (Wildman–Crippen MR) is 90.4 cm³/mol. The molecule has 0 unspecified atom stereocenters. The standard InChI is InChI=1S/C17H20N4O4/c1-17(2,3)25-16(23)19-9-10-24-15-6-4-5-12(21-15)13-7-8-18-14(11-22)20-13/h4-8,11H,9-10H2,1-3H3,(H,19,23). The van der Waals surface area contributed by atoms with Crippen LogP contribution < -0.4 is 10.1 Å². The Morgan fingerprint density at radius 1 is 1.20 bits per heavy atom. The van der Waals surface area contributed by atoms with Crippen LogP contribution in [0, 0.1) is 0 Å². The maximum Gasteiger partial charge on any atom is 0.407 e. The zero-order valence-corrected chi connectivity index (χ0v) is 14.4. The minimum absolute atomic E-state index is 0.0900. The van der Waals surface area contributed by atoms with Crippen LogP contribution in [0.5, 0.6) is 5.88 Å². The Labute approximate surface area is 145 Å². The lowest BCUT2D eigenvalue weighted by Gasteiger charge is -2.19. The smallest absolute Gasteiger partial charge is 0.407 e. The average Bonchev–Trinajstić information content (AvgIpc) is 2.57. The van der Waals surface area contributed by atoms with Gasteiger partial charge in [0, 0.05) is 12.3 Å². The van der Waals surface area contributed by atoms with Crippen LogP contribution in [0.2, 0.25) is 0 Å². The molecule has 2 heterocycles. The van der Waals surface area contributed by atoms with Gasteiger partial charge in [-0.3, -0.25) is 4.79 Å². The third-order valence-corrected chi connectivity index (χ3v) is 2.79. The van der Waals surface area contributed by atoms with Crippen LogP contribution >= 0.6 is 0 Å². The zero-order chi connectivity index (χ0) is 18.3. The Morgan fingerprint density at radius 2 is 1.96 bits per heavy atom. The van der Waals surface area contributed by atoms with E-state index in [1.54, 1.807) is 45.0 Å². The number of ether oxygens (including phenoxy) is 2. The van der Waals surface area contributed by atoms with E-state index in [1.165, 1.54) is 6.20 Å². The van der Waals surface area contributed by atoms with Crippen LogP contribution in [0.25, 0.3) is 11.4 Å². The number of nitrogens with one attached hydrogen (secondary N) is 1. The number of nitrogens with zero attached hydrogens (tertiary/aromatic N) is 3. The Morgan fingerprint density at radius 3 is 2.68 bits per heavy atom. The van der Waals surface area contributed by atoms with Gasteiger partial charge in [0.1, 0.15) is 12.2 Å². The molecule has 0 aliphatic carbocycles. The van der Waals surface area contributed by atoms with Gasteiger partial charge in [-0.05, 0) is 32.9 Å². The molecule has 1 N–H and O–H groups in total. The summed E-state index contributed by atoms with van der Waals surface area (Å²) < 4.78 is 10.6. The van der Waals surface area contributed by atoms with E-state index in [4.69, 9.17) is 9.47 Å². The molecule has 0 radical (unpaired) electrons. The van der Waals surface area contributed by atoms with Crippen molar-refractivity contribution in [2.24, 2.45) is 0 Å². The van der Waals surface area contributed by atoms with Crippen molar-refractivity contribution >= 4 is 12.4 Å². The van der Waals surface area contributed by atoms with Crippen molar-refractivity contribution in [2.75, 3.05) is 13.2 Å². The lowest BCUT2D eigenvalue weighted by molar-refractivity contribution is 0.0519. The minimum Gasteiger partial charge on any atom is -0.476 e. The van der Waals surface area contributed by atoms with E-state index >= 15 is 0 Å². The number of alkyl carbamates (subject to hydrolysis) is 1. The number of pyridine rings is 1. The fraction of sp³-hybridized carbons (Fsp3) is 0.353. The molecule has 0 atom stereocenters. The maximum atomic E-state index is 11.5. The third-order valence-electron chi connectivity index (χ3n) is 2.79. The van der Waals surface area contributed by atoms with Gasteiger partial charge in [0.15, 0.2) is 12.1 Å². The Bertz CT molecular complexity index is 743. The number of aromatic nitrogens is 3. The van der Waals surface area contributed by atoms with Crippen LogP contribution in [0.1, 0.15) is 31.4 Å². The lowest BCUT2D eigenvalue weighted by Crippen LogP contribution is -2.34. The van der Waals surface area contributed by atoms with E-state index in [9.17, 15) is 9.59 Å². The number of rotatable bonds is 6. The first-order valence-electron chi connectivity index (χ1n) is 7.73. The van der Waals surface area contributed by atoms with Gasteiger partial charge in [-0.15, -0.1) is 0 Å². The monoisotopic (exact) mass is 344 g/mol. The molecule has 0 aromatic carbocycles. The molecule has 0 saturated carbocycles. The molecule has 25 heavy (non-hydrogen) atoms. The molecule has 8 nitrogen and oxygen atoms in total. The first-order chi connectivity index (χ1) is 11.9. The second-order valence-corrected chi connectivity index (χ2v) is 6.06. The molecule has 0 aliphatic rings. The highest BCUT2D eigenvalue weighted by atomic mass is 16.6. The van der Waals surface area contributed by atoms with Gasteiger partial charge in [-0.2, -0.15) is 0 Å². The van der Waals surface area contributed by atoms with Crippen LogP contribution in [-0.2, 0) is 4.74 Å². The second kappa shape index (κ2) is 8.18. The van der Waals surface area contributed by atoms with E-state index in [1.807, 2.05) is 0 Å². The summed E-state index contributed by atoms with van der Waals surface area (Å²) >= 11 is 0. The summed E-state index contributed by atoms with van der Waals surface area (Å²) in [6.45, 7) is 5.90. The molecule has 2 rings (SSSR count). The highest BCUT2D eigenvalue weighted by Crippen LogP contribution is 2.17. The van der Waals surface area contributed by atoms with E-state index in [0.29, 0.717) is 23.6 Å². The Balaban J connectivity index is 1.89. The molecule has 0 bridgehead atoms. The molecular weight excluding hydrogens is 324 g/mol. The average molecular weight is 344 g/mol. The molecule has 0 fully saturated rings. The van der Waals surface area contributed by atoms with Crippen molar-refractivity contribution in [3.63, 3.8) is 0 Å². The molecule has 132 valence electrons. The molecule has 2 aromatic heterocycles. The molecule has 1 amide bonds. The summed E-state index contributed by atoms with van der Waals surface area (Å²) in [5.41, 5.74) is 0.538. The lowest BCUT2D eigenvalue weighted by atomic mass is 10.2. The van der Waals surface area contributed by atoms with Gasteiger partial charge in [0.2, 0.25) is 5.88 Å². The highest BCUT2D eigenvalue weighted by molar-refractivity contribution is 5.70. The fourth-order valence-corrected chi connectivity index (χ4v) is 1.83. The van der Waals surface area contributed by atoms with E-state index < -0.39 is 11.7 Å². The second-order valence-electron chi connectivity index (χ2n) is 6.06. The maximum absolute atomic E-state index is 11.5. The highest BCUT2D eigenvalue weighted by Gasteiger charge is 2.15. The fourth-order valence-electron chi connectivity index (χ4n) is 1.83. The van der Waals surface area contributed by atoms with Gasteiger partial charge >= 0.3 is 6.09 Å². The van der Waals surface area contributed by atoms with Crippen molar-refractivity contribution in [3.8, 4) is 17.3 Å². The topological polar surface area (TPSA) is 103 Å². The van der Waals surface area contributed by atoms with Gasteiger partial charge in [-0.1, -0.05) is 6.07 Å². The van der Waals surface area contributed by atoms with Crippen molar-refractivity contribution in [1.29, 1.82) is 0 Å². The molecule has 2 aromatic rings. The predicted octanol–water partition coefficient (Wildman–Crippen LogP) is 2.25. The SMILES string of the molecule is CC(C)(C)OC(=O)NCCOc1cccc(-c2ccnc(C=O)n2)n1. The van der Waals surface area contributed by atoms with Crippen LogP contribution in [-0.4, -0.2) is 46.1 Å². The first-order valence-corrected chi connectivity index (χ1v) is 7.73. The molecular formula is C17H20N4O4. The number of carbonyl (C=O) groups is 2. The van der Waals surface area contributed by atoms with E-state index in [-0.39, 0.29) is 19.0 Å². The summed E-state index contributed by atoms with van der Waals surface area (Å²) in [4.78, 5) is 34.5. The molecule has 8 heteroatoms. The van der Waals surface area contributed by atoms with Crippen molar-refractivity contribution in [1.82, 2.24) is 20.3 Å². The quantitative estimate of drug-likeness (QED) is 0.633. The van der Waals surface area contributed by atoms with Gasteiger partial charge < -0.3 is 14.8 Å². The van der Waals surface area contributed by atoms with E-state index in [2.05, 4.69) is 20.3 Å². The number of hydrogen-bond donors (Lipinski definition) is 1. The van der Waals surface area contributed by atoms with Crippen LogP contribution in [0.4, 0.5) is 4.79 Å². The molecule has 0 saturated heterocycles. The van der Waals surface area contributed by atoms with Crippen LogP contribution in [0.15, 0.2) is 30.5 Å². The summed E-state index contributed by atoms with van der Waals surface area (Å²) in [5, 5.41) is 2.60. The Hall–Kier alpha value is -3.03. The molecule has 0 spiro atoms. The summed E-state index contributed by atoms with van der Waals surface area (Å²) in [7, 11) is 0. The number of hydrogen-bond acceptors (Lipinski definition) is 7. The van der Waals surface area contributed by atoms with Crippen molar-refractivity contribution in [2.45, 2.75) is 26.4 Å². The number of carbonyl (C=O) groups excluding carboxylic acids is 2. The van der Waals surface area contributed by atoms with Gasteiger partial charge in [0.05, 0.1) is 17.9 Å². The van der Waals surface area contributed by atoms with E-state index in [0.717, 1.165) is 0 Å². The minimum atomic E-state index is -0.543. The van der Waals surface area contributed by atoms with Crippen molar-refractivity contribution < 1.29 is 19.1 Å². The summed E-state index contributed by atoms with van der Waals surface area (Å²) in [6.07, 6.45) is 1.57. The third kappa shape index (κ3) is 6.17. The Kier molecular flexibility index (Phi) is 5.99. The molecule has 0 aliphatic heterocycles. The van der Waals surface area contributed by atoms with Gasteiger partial charge in [-0.25, -0.2) is 19.7 Å². The summed E-state index contributed by atoms with van der Waals surface area (Å²) in [6, 6.07) is 6.87. The largest absolute Gasteiger partial charge is 0.476 e. The first kappa shape index (κ1) is 18.3. The van der Waals surface area contributed by atoms with Gasteiger partial charge in [0.25, 0.3) is 0 Å². The zero-order valence-electron chi connectivity index (χ0n) is 14.4. The number of aldehydes is 1.